The van der Waals surface area contributed by atoms with Crippen molar-refractivity contribution in [1.29, 1.82) is 0 Å². The van der Waals surface area contributed by atoms with E-state index < -0.39 is 0 Å². The van der Waals surface area contributed by atoms with E-state index in [1.807, 2.05) is 6.07 Å². The SMILES string of the molecule is CCOC(=O)/C=C/COc1ccc2c(c1)CCCC2. The first-order valence-corrected chi connectivity index (χ1v) is 6.87. The predicted octanol–water partition coefficient (Wildman–Crippen LogP) is 3.06. The van der Waals surface area contributed by atoms with E-state index in [4.69, 9.17) is 9.47 Å². The first-order chi connectivity index (χ1) is 9.29. The van der Waals surface area contributed by atoms with Crippen molar-refractivity contribution in [2.24, 2.45) is 0 Å². The average Bonchev–Trinajstić information content (AvgIpc) is 2.44. The molecule has 0 saturated heterocycles. The third-order valence-corrected chi connectivity index (χ3v) is 3.21. The Morgan fingerprint density at radius 2 is 2.05 bits per heavy atom. The average molecular weight is 260 g/mol. The predicted molar refractivity (Wildman–Crippen MR) is 74.4 cm³/mol. The Bertz CT molecular complexity index is 463. The van der Waals surface area contributed by atoms with Crippen LogP contribution in [-0.2, 0) is 22.4 Å². The van der Waals surface area contributed by atoms with Crippen LogP contribution >= 0.6 is 0 Å². The highest BCUT2D eigenvalue weighted by molar-refractivity contribution is 5.81. The first kappa shape index (κ1) is 13.7. The largest absolute Gasteiger partial charge is 0.490 e. The van der Waals surface area contributed by atoms with Crippen LogP contribution in [0.4, 0.5) is 0 Å². The van der Waals surface area contributed by atoms with Crippen molar-refractivity contribution < 1.29 is 14.3 Å². The maximum absolute atomic E-state index is 11.1. The van der Waals surface area contributed by atoms with Crippen LogP contribution in [0.2, 0.25) is 0 Å². The van der Waals surface area contributed by atoms with E-state index >= 15 is 0 Å². The summed E-state index contributed by atoms with van der Waals surface area (Å²) in [5.41, 5.74) is 2.85. The Morgan fingerprint density at radius 1 is 1.26 bits per heavy atom. The molecular formula is C16H20O3. The van der Waals surface area contributed by atoms with Crippen LogP contribution in [0.5, 0.6) is 5.75 Å². The van der Waals surface area contributed by atoms with Gasteiger partial charge in [0.2, 0.25) is 0 Å². The third kappa shape index (κ3) is 4.12. The molecule has 1 aliphatic carbocycles. The Labute approximate surface area is 114 Å². The molecule has 0 bridgehead atoms. The Morgan fingerprint density at radius 3 is 2.84 bits per heavy atom. The van der Waals surface area contributed by atoms with Crippen LogP contribution in [0.25, 0.3) is 0 Å². The quantitative estimate of drug-likeness (QED) is 0.603. The lowest BCUT2D eigenvalue weighted by Gasteiger charge is -2.16. The second-order valence-electron chi connectivity index (χ2n) is 4.60. The summed E-state index contributed by atoms with van der Waals surface area (Å²) in [6, 6.07) is 6.27. The van der Waals surface area contributed by atoms with Gasteiger partial charge in [-0.3, -0.25) is 0 Å². The molecule has 1 aliphatic rings. The Kier molecular flexibility index (Phi) is 5.01. The number of fused-ring (bicyclic) bond motifs is 1. The van der Waals surface area contributed by atoms with Gasteiger partial charge < -0.3 is 9.47 Å². The molecule has 3 nitrogen and oxygen atoms in total. The number of hydrogen-bond donors (Lipinski definition) is 0. The molecule has 0 fully saturated rings. The van der Waals surface area contributed by atoms with Crippen molar-refractivity contribution in [2.45, 2.75) is 32.6 Å². The minimum atomic E-state index is -0.323. The van der Waals surface area contributed by atoms with Gasteiger partial charge in [0.15, 0.2) is 0 Å². The molecule has 0 heterocycles. The lowest BCUT2D eigenvalue weighted by Crippen LogP contribution is -2.04. The van der Waals surface area contributed by atoms with E-state index in [0.717, 1.165) is 12.2 Å². The number of carbonyl (C=O) groups excluding carboxylic acids is 1. The maximum Gasteiger partial charge on any atom is 0.330 e. The zero-order chi connectivity index (χ0) is 13.5. The van der Waals surface area contributed by atoms with E-state index in [0.29, 0.717) is 13.2 Å². The second-order valence-corrected chi connectivity index (χ2v) is 4.60. The number of aryl methyl sites for hydroxylation is 2. The lowest BCUT2D eigenvalue weighted by molar-refractivity contribution is -0.137. The number of hydrogen-bond acceptors (Lipinski definition) is 3. The molecule has 0 unspecified atom stereocenters. The Balaban J connectivity index is 1.85. The molecule has 0 amide bonds. The van der Waals surface area contributed by atoms with E-state index in [-0.39, 0.29) is 5.97 Å². The van der Waals surface area contributed by atoms with Gasteiger partial charge in [-0.2, -0.15) is 0 Å². The van der Waals surface area contributed by atoms with E-state index in [1.54, 1.807) is 13.0 Å². The van der Waals surface area contributed by atoms with Crippen molar-refractivity contribution in [1.82, 2.24) is 0 Å². The smallest absolute Gasteiger partial charge is 0.330 e. The van der Waals surface area contributed by atoms with Crippen molar-refractivity contribution in [3.05, 3.63) is 41.5 Å². The molecule has 19 heavy (non-hydrogen) atoms. The molecule has 0 spiro atoms. The van der Waals surface area contributed by atoms with Gasteiger partial charge in [0.25, 0.3) is 0 Å². The Hall–Kier alpha value is -1.77. The van der Waals surface area contributed by atoms with Gasteiger partial charge in [0.1, 0.15) is 12.4 Å². The van der Waals surface area contributed by atoms with E-state index in [9.17, 15) is 4.79 Å². The molecule has 0 atom stereocenters. The molecule has 0 saturated carbocycles. The van der Waals surface area contributed by atoms with Crippen molar-refractivity contribution in [3.8, 4) is 5.75 Å². The summed E-state index contributed by atoms with van der Waals surface area (Å²) in [6.45, 7) is 2.57. The van der Waals surface area contributed by atoms with Gasteiger partial charge in [-0.1, -0.05) is 6.07 Å². The van der Waals surface area contributed by atoms with Gasteiger partial charge in [-0.25, -0.2) is 4.79 Å². The molecule has 0 radical (unpaired) electrons. The minimum absolute atomic E-state index is 0.323. The van der Waals surface area contributed by atoms with E-state index in [2.05, 4.69) is 12.1 Å². The van der Waals surface area contributed by atoms with Crippen molar-refractivity contribution in [3.63, 3.8) is 0 Å². The van der Waals surface area contributed by atoms with Crippen LogP contribution in [0.3, 0.4) is 0 Å². The number of ether oxygens (including phenoxy) is 2. The number of carbonyl (C=O) groups is 1. The molecule has 102 valence electrons. The second kappa shape index (κ2) is 6.98. The fourth-order valence-electron chi connectivity index (χ4n) is 2.28. The minimum Gasteiger partial charge on any atom is -0.490 e. The van der Waals surface area contributed by atoms with Crippen molar-refractivity contribution >= 4 is 5.97 Å². The van der Waals surface area contributed by atoms with Crippen LogP contribution in [0.15, 0.2) is 30.4 Å². The highest BCUT2D eigenvalue weighted by Gasteiger charge is 2.09. The summed E-state index contributed by atoms with van der Waals surface area (Å²) in [7, 11) is 0. The monoisotopic (exact) mass is 260 g/mol. The molecular weight excluding hydrogens is 240 g/mol. The van der Waals surface area contributed by atoms with Crippen LogP contribution < -0.4 is 4.74 Å². The summed E-state index contributed by atoms with van der Waals surface area (Å²) < 4.78 is 10.4. The van der Waals surface area contributed by atoms with Gasteiger partial charge in [0, 0.05) is 6.08 Å². The topological polar surface area (TPSA) is 35.5 Å². The summed E-state index contributed by atoms with van der Waals surface area (Å²) in [4.78, 5) is 11.1. The molecule has 0 N–H and O–H groups in total. The van der Waals surface area contributed by atoms with Crippen LogP contribution in [0, 0.1) is 0 Å². The van der Waals surface area contributed by atoms with Gasteiger partial charge in [0.05, 0.1) is 6.61 Å². The number of rotatable bonds is 5. The molecule has 3 heteroatoms. The summed E-state index contributed by atoms with van der Waals surface area (Å²) in [5.74, 6) is 0.547. The lowest BCUT2D eigenvalue weighted by atomic mass is 9.92. The summed E-state index contributed by atoms with van der Waals surface area (Å²) in [6.07, 6.45) is 7.96. The van der Waals surface area contributed by atoms with Crippen LogP contribution in [0.1, 0.15) is 30.9 Å². The zero-order valence-electron chi connectivity index (χ0n) is 11.4. The molecule has 0 aromatic heterocycles. The summed E-state index contributed by atoms with van der Waals surface area (Å²) in [5, 5.41) is 0. The van der Waals surface area contributed by atoms with Crippen molar-refractivity contribution in [2.75, 3.05) is 13.2 Å². The normalized spacial score (nSPS) is 14.2. The molecule has 2 rings (SSSR count). The van der Waals surface area contributed by atoms with Gasteiger partial charge in [-0.15, -0.1) is 0 Å². The van der Waals surface area contributed by atoms with Gasteiger partial charge >= 0.3 is 5.97 Å². The fourth-order valence-corrected chi connectivity index (χ4v) is 2.28. The molecule has 1 aromatic carbocycles. The third-order valence-electron chi connectivity index (χ3n) is 3.21. The number of esters is 1. The summed E-state index contributed by atoms with van der Waals surface area (Å²) >= 11 is 0. The maximum atomic E-state index is 11.1. The number of benzene rings is 1. The first-order valence-electron chi connectivity index (χ1n) is 6.87. The zero-order valence-corrected chi connectivity index (χ0v) is 11.4. The standard InChI is InChI=1S/C16H20O3/c1-2-18-16(17)8-5-11-19-15-10-9-13-6-3-4-7-14(13)12-15/h5,8-10,12H,2-4,6-7,11H2,1H3/b8-5+. The van der Waals surface area contributed by atoms with Gasteiger partial charge in [-0.05, 0) is 61.9 Å². The molecule has 1 aromatic rings. The van der Waals surface area contributed by atoms with Crippen LogP contribution in [-0.4, -0.2) is 19.2 Å². The van der Waals surface area contributed by atoms with E-state index in [1.165, 1.54) is 36.5 Å². The fraction of sp³-hybridized carbons (Fsp3) is 0.438. The highest BCUT2D eigenvalue weighted by Crippen LogP contribution is 2.25. The highest BCUT2D eigenvalue weighted by atomic mass is 16.5. The molecule has 0 aliphatic heterocycles.